The number of amides is 10. The molecule has 0 radical (unpaired) electrons. The van der Waals surface area contributed by atoms with Crippen LogP contribution in [0.15, 0.2) is 17.2 Å². The molecule has 2 aromatic rings. The van der Waals surface area contributed by atoms with E-state index in [0.717, 1.165) is 4.90 Å². The number of aromatic nitrogens is 1. The number of nitrogens with one attached hydrogen (secondary N) is 6. The van der Waals surface area contributed by atoms with Gasteiger partial charge in [0.25, 0.3) is 0 Å². The van der Waals surface area contributed by atoms with E-state index < -0.39 is 181 Å². The van der Waals surface area contributed by atoms with Crippen LogP contribution in [0.4, 0.5) is 0 Å². The number of hydrogen-bond acceptors (Lipinski definition) is 18. The average Bonchev–Trinajstić information content (AvgIpc) is 1.75. The number of aromatic amines is 1. The first kappa shape index (κ1) is 67.7. The Morgan fingerprint density at radius 2 is 1.62 bits per heavy atom. The van der Waals surface area contributed by atoms with E-state index in [1.165, 1.54) is 30.7 Å². The monoisotopic (exact) mass is 1250 g/mol. The van der Waals surface area contributed by atoms with Gasteiger partial charge in [0, 0.05) is 104 Å². The lowest BCUT2D eigenvalue weighted by Gasteiger charge is -2.32. The lowest BCUT2D eigenvalue weighted by Crippen LogP contribution is -2.60. The third-order valence-electron chi connectivity index (χ3n) is 17.3. The smallest absolute Gasteiger partial charge is 0.246 e. The minimum absolute atomic E-state index is 0.0335. The van der Waals surface area contributed by atoms with E-state index in [4.69, 9.17) is 10.5 Å². The molecule has 0 spiro atoms. The summed E-state index contributed by atoms with van der Waals surface area (Å²) in [5.74, 6) is -13.4. The van der Waals surface area contributed by atoms with Crippen LogP contribution in [0.1, 0.15) is 109 Å². The van der Waals surface area contributed by atoms with E-state index in [1.54, 1.807) is 37.8 Å². The maximum absolute atomic E-state index is 15.4. The van der Waals surface area contributed by atoms with Crippen LogP contribution in [0.2, 0.25) is 0 Å². The highest BCUT2D eigenvalue weighted by Crippen LogP contribution is 2.39. The number of fused-ring (bicyclic) bond motifs is 5. The molecule has 29 heteroatoms. The first-order chi connectivity index (χ1) is 41.3. The number of primary amides is 1. The number of likely N-dealkylation sites (tertiary alicyclic amines) is 2. The largest absolute Gasteiger partial charge is 0.496 e. The van der Waals surface area contributed by atoms with Crippen molar-refractivity contribution in [3.8, 4) is 5.75 Å². The van der Waals surface area contributed by atoms with E-state index >= 15 is 9.00 Å². The van der Waals surface area contributed by atoms with E-state index in [9.17, 15) is 68.1 Å². The maximum Gasteiger partial charge on any atom is 0.246 e. The quantitative estimate of drug-likeness (QED) is 0.0627. The fourth-order valence-corrected chi connectivity index (χ4v) is 14.6. The van der Waals surface area contributed by atoms with Crippen molar-refractivity contribution in [3.63, 3.8) is 0 Å². The lowest BCUT2D eigenvalue weighted by atomic mass is 9.85. The number of methoxy groups -OCH3 is 1. The van der Waals surface area contributed by atoms with Crippen LogP contribution < -0.4 is 37.1 Å². The second-order valence-corrected chi connectivity index (χ2v) is 26.3. The molecular formula is C58H82N10O17S2. The van der Waals surface area contributed by atoms with Crippen molar-refractivity contribution in [3.05, 3.63) is 23.3 Å². The number of H-pyrrole nitrogens is 1. The number of unbranched alkanes of at least 4 members (excludes halogenated alkanes) is 2. The fraction of sp³-hybridized carbons (Fsp3) is 0.655. The van der Waals surface area contributed by atoms with Crippen molar-refractivity contribution < 1.29 is 81.8 Å². The minimum atomic E-state index is -2.42. The van der Waals surface area contributed by atoms with Crippen LogP contribution in [-0.2, 0) is 80.5 Å². The van der Waals surface area contributed by atoms with Gasteiger partial charge in [-0.25, -0.2) is 0 Å². The highest BCUT2D eigenvalue weighted by atomic mass is 32.2. The standard InChI is InChI=1S/C58H82N10O17S2/c1-6-29(2)37-19-33(70)22-60-52(78)32-17-38-36-11-12-45(85-5)39(27-86-35-13-15-66(25-35)48(76)10-8-7-9-14-67-49(77)16-30(3)57(67)82)51(36)65-56(38)87(84)28-41(62-47(75)23-61-53(37)79)54(80)63-40(21-46(59)74)58(83)68-24-34(71)20-42(68)55(81)64-50(43(72)18-32)31(4)44(73)26-69/h11-12,29-32,34-35,37,40-42,44,50,65,69,71,73H,6-10,13-28H2,1-5H3,(H2,59,74)(H,60,78)(H,61,79)(H,62,75)(H,63,80)(H,64,81)/t29-,30?,31-,32+,34+,35+,37-,40-,41-,42-,44-,50-,87?/m0/s1. The summed E-state index contributed by atoms with van der Waals surface area (Å²) in [6.07, 6.45) is -2.45. The molecule has 3 fully saturated rings. The Kier molecular flexibility index (Phi) is 23.6. The van der Waals surface area contributed by atoms with Crippen molar-refractivity contribution in [2.75, 3.05) is 58.7 Å². The zero-order chi connectivity index (χ0) is 63.6. The second-order valence-electron chi connectivity index (χ2n) is 23.6. The van der Waals surface area contributed by atoms with Crippen molar-refractivity contribution in [1.82, 2.24) is 46.3 Å². The van der Waals surface area contributed by atoms with Crippen LogP contribution >= 0.6 is 11.8 Å². The topological polar surface area (TPSA) is 404 Å². The number of rotatable bonds is 17. The normalized spacial score (nSPS) is 27.9. The first-order valence-corrected chi connectivity index (χ1v) is 32.1. The number of hydrogen-bond donors (Lipinski definition) is 10. The van der Waals surface area contributed by atoms with Gasteiger partial charge in [0.05, 0.1) is 73.5 Å². The van der Waals surface area contributed by atoms with Gasteiger partial charge >= 0.3 is 0 Å². The van der Waals surface area contributed by atoms with Gasteiger partial charge in [0.2, 0.25) is 59.1 Å². The Hall–Kier alpha value is -6.82. The molecule has 10 amide bonds. The third-order valence-corrected chi connectivity index (χ3v) is 20.1. The molecule has 13 atom stereocenters. The summed E-state index contributed by atoms with van der Waals surface area (Å²) in [6, 6.07) is -3.67. The number of thioether (sulfide) groups is 1. The van der Waals surface area contributed by atoms with Crippen molar-refractivity contribution in [2.45, 2.75) is 157 Å². The van der Waals surface area contributed by atoms with Crippen molar-refractivity contribution in [1.29, 1.82) is 0 Å². The molecule has 87 heavy (non-hydrogen) atoms. The fourth-order valence-electron chi connectivity index (χ4n) is 12.0. The first-order valence-electron chi connectivity index (χ1n) is 29.7. The van der Waals surface area contributed by atoms with Crippen molar-refractivity contribution in [2.24, 2.45) is 35.3 Å². The highest BCUT2D eigenvalue weighted by molar-refractivity contribution is 7.99. The summed E-state index contributed by atoms with van der Waals surface area (Å²) in [5.41, 5.74) is 6.71. The number of carbonyl (C=O) groups is 12. The zero-order valence-corrected chi connectivity index (χ0v) is 51.4. The average molecular weight is 1260 g/mol. The molecule has 5 aliphatic heterocycles. The number of carbonyl (C=O) groups excluding carboxylic acids is 12. The molecule has 3 saturated heterocycles. The molecular weight excluding hydrogens is 1170 g/mol. The predicted octanol–water partition coefficient (Wildman–Crippen LogP) is -1.65. The Morgan fingerprint density at radius 1 is 0.885 bits per heavy atom. The van der Waals surface area contributed by atoms with Gasteiger partial charge < -0.3 is 67.2 Å². The van der Waals surface area contributed by atoms with Gasteiger partial charge in [-0.05, 0) is 49.3 Å². The molecule has 1 aromatic heterocycles. The van der Waals surface area contributed by atoms with Gasteiger partial charge in [-0.2, -0.15) is 11.8 Å². The summed E-state index contributed by atoms with van der Waals surface area (Å²) in [4.78, 5) is 173. The van der Waals surface area contributed by atoms with Crippen LogP contribution in [0.25, 0.3) is 10.9 Å². The van der Waals surface area contributed by atoms with E-state index in [2.05, 4.69) is 31.6 Å². The number of imide groups is 1. The molecule has 1 aromatic carbocycles. The molecule has 5 aliphatic rings. The van der Waals surface area contributed by atoms with Gasteiger partial charge in [0.1, 0.15) is 28.9 Å². The summed E-state index contributed by atoms with van der Waals surface area (Å²) in [7, 11) is -0.975. The zero-order valence-electron chi connectivity index (χ0n) is 49.7. The van der Waals surface area contributed by atoms with Crippen LogP contribution in [-0.4, -0.2) is 210 Å². The molecule has 7 rings (SSSR count). The predicted molar refractivity (Wildman–Crippen MR) is 315 cm³/mol. The van der Waals surface area contributed by atoms with Crippen LogP contribution in [0.5, 0.6) is 5.75 Å². The Morgan fingerprint density at radius 3 is 2.30 bits per heavy atom. The maximum atomic E-state index is 15.4. The van der Waals surface area contributed by atoms with Crippen molar-refractivity contribution >= 4 is 104 Å². The Labute approximate surface area is 510 Å². The number of ketones is 2. The molecule has 27 nitrogen and oxygen atoms in total. The summed E-state index contributed by atoms with van der Waals surface area (Å²) >= 11 is 1.52. The second kappa shape index (κ2) is 30.4. The highest BCUT2D eigenvalue weighted by Gasteiger charge is 2.45. The number of nitrogens with zero attached hydrogens (tertiary/aromatic N) is 3. The number of ether oxygens (including phenoxy) is 1. The Bertz CT molecular complexity index is 3010. The Balaban J connectivity index is 1.29. The van der Waals surface area contributed by atoms with E-state index in [-0.39, 0.29) is 64.5 Å². The summed E-state index contributed by atoms with van der Waals surface area (Å²) < 4.78 is 21.3. The number of nitrogens with two attached hydrogens (primary N) is 1. The number of benzene rings is 1. The molecule has 2 unspecified atom stereocenters. The van der Waals surface area contributed by atoms with Crippen LogP contribution in [0, 0.1) is 29.6 Å². The number of aliphatic hydroxyl groups excluding tert-OH is 3. The molecule has 2 bridgehead atoms. The molecule has 0 saturated carbocycles. The van der Waals surface area contributed by atoms with Crippen LogP contribution in [0.3, 0.4) is 0 Å². The van der Waals surface area contributed by atoms with Gasteiger partial charge in [-0.3, -0.25) is 66.6 Å². The number of aliphatic hydroxyl groups is 3. The molecule has 6 heterocycles. The summed E-state index contributed by atoms with van der Waals surface area (Å²) in [5, 5.41) is 44.9. The van der Waals surface area contributed by atoms with Gasteiger partial charge in [-0.15, -0.1) is 0 Å². The SMILES string of the molecule is CC[C@H](C)[C@@H]1CC(=O)CNC(=O)[C@H]2CC(=O)[C@H]([C@@H](C)[C@@H](O)CO)NC(=O)[C@@H]3C[C@@H](O)CN3C(=O)[C@H](CC(N)=O)NC(=O)[C@H](CS(=O)c3[nH]c4c(CS[C@@H]5CCN(C(=O)CCCCCN6C(=O)CC(C)C6=O)C5)c(OC)ccc4c3C2)NC(=O)CNC1=O. The van der Waals surface area contributed by atoms with E-state index in [0.29, 0.717) is 74.0 Å². The number of Topliss-reactive ketones (excluding diaryl/α,β-unsaturated/α-hetero) is 2. The van der Waals surface area contributed by atoms with Gasteiger partial charge in [-0.1, -0.05) is 40.5 Å². The third kappa shape index (κ3) is 16.7. The molecule has 478 valence electrons. The van der Waals surface area contributed by atoms with E-state index in [1.807, 2.05) is 0 Å². The summed E-state index contributed by atoms with van der Waals surface area (Å²) in [6.45, 7) is 5.06. The minimum Gasteiger partial charge on any atom is -0.496 e. The lowest BCUT2D eigenvalue weighted by molar-refractivity contribution is -0.144. The van der Waals surface area contributed by atoms with Gasteiger partial charge in [0.15, 0.2) is 11.6 Å². The molecule has 0 aliphatic carbocycles. The molecule has 11 N–H and O–H groups in total.